The number of rotatable bonds is 6. The van der Waals surface area contributed by atoms with Crippen LogP contribution in [0, 0.1) is 12.7 Å². The maximum atomic E-state index is 13.3. The molecule has 154 valence electrons. The van der Waals surface area contributed by atoms with Gasteiger partial charge < -0.3 is 15.1 Å². The summed E-state index contributed by atoms with van der Waals surface area (Å²) in [6.07, 6.45) is 0. The van der Waals surface area contributed by atoms with Crippen molar-refractivity contribution in [2.24, 2.45) is 7.05 Å². The molecule has 0 saturated heterocycles. The van der Waals surface area contributed by atoms with E-state index in [9.17, 15) is 9.18 Å². The summed E-state index contributed by atoms with van der Waals surface area (Å²) in [5, 5.41) is 13.8. The summed E-state index contributed by atoms with van der Waals surface area (Å²) >= 11 is 5.77. The molecule has 4 aromatic rings. The molecule has 2 N–H and O–H groups in total. The number of hydrogen-bond acceptors (Lipinski definition) is 6. The van der Waals surface area contributed by atoms with Gasteiger partial charge in [-0.25, -0.2) is 9.07 Å². The minimum absolute atomic E-state index is 0.0179. The molecule has 10 heteroatoms. The predicted molar refractivity (Wildman–Crippen MR) is 112 cm³/mol. The molecule has 2 aromatic carbocycles. The third-order valence-corrected chi connectivity index (χ3v) is 4.90. The van der Waals surface area contributed by atoms with E-state index in [1.54, 1.807) is 9.36 Å². The van der Waals surface area contributed by atoms with Crippen LogP contribution in [-0.2, 0) is 13.6 Å². The van der Waals surface area contributed by atoms with Gasteiger partial charge in [-0.15, -0.1) is 5.10 Å². The molecule has 0 atom stereocenters. The maximum absolute atomic E-state index is 13.3. The highest BCUT2D eigenvalue weighted by Crippen LogP contribution is 2.22. The average molecular weight is 429 g/mol. The van der Waals surface area contributed by atoms with Gasteiger partial charge in [-0.05, 0) is 37.3 Å². The summed E-state index contributed by atoms with van der Waals surface area (Å²) in [6, 6.07) is 13.6. The summed E-state index contributed by atoms with van der Waals surface area (Å²) in [5.74, 6) is -0.239. The van der Waals surface area contributed by atoms with Gasteiger partial charge >= 0.3 is 6.01 Å². The van der Waals surface area contributed by atoms with E-state index in [4.69, 9.17) is 16.0 Å². The highest BCUT2D eigenvalue weighted by Gasteiger charge is 2.17. The molecule has 0 aliphatic heterocycles. The molecule has 0 spiro atoms. The zero-order valence-corrected chi connectivity index (χ0v) is 16.9. The molecule has 0 aliphatic carbocycles. The van der Waals surface area contributed by atoms with Gasteiger partial charge in [-0.2, -0.15) is 0 Å². The minimum atomic E-state index is -0.517. The monoisotopic (exact) mass is 428 g/mol. The fraction of sp³-hybridized carbons (Fsp3) is 0.150. The van der Waals surface area contributed by atoms with Gasteiger partial charge in [0, 0.05) is 12.7 Å². The third kappa shape index (κ3) is 3.79. The zero-order chi connectivity index (χ0) is 21.3. The average Bonchev–Trinajstić information content (AvgIpc) is 3.26. The third-order valence-electron chi connectivity index (χ3n) is 4.61. The Labute approximate surface area is 175 Å². The van der Waals surface area contributed by atoms with Crippen LogP contribution < -0.4 is 16.2 Å². The Bertz CT molecular complexity index is 1250. The van der Waals surface area contributed by atoms with Crippen LogP contribution in [-0.4, -0.2) is 19.6 Å². The SMILES string of the molecule is Cc1c(NCc2nnc(Nc3ccc(F)c(Cl)c3)o2)c(=O)n(-c2ccccc2)n1C. The lowest BCUT2D eigenvalue weighted by Gasteiger charge is -2.07. The predicted octanol–water partition coefficient (Wildman–Crippen LogP) is 4.02. The Morgan fingerprint density at radius 2 is 1.93 bits per heavy atom. The number of nitrogens with zero attached hydrogens (tertiary/aromatic N) is 4. The largest absolute Gasteiger partial charge is 0.406 e. The van der Waals surface area contributed by atoms with Crippen molar-refractivity contribution >= 4 is 29.0 Å². The summed E-state index contributed by atoms with van der Waals surface area (Å²) in [4.78, 5) is 12.9. The topological polar surface area (TPSA) is 89.9 Å². The maximum Gasteiger partial charge on any atom is 0.320 e. The Balaban J connectivity index is 1.49. The highest BCUT2D eigenvalue weighted by molar-refractivity contribution is 6.31. The molecule has 8 nitrogen and oxygen atoms in total. The van der Waals surface area contributed by atoms with Crippen LogP contribution >= 0.6 is 11.6 Å². The van der Waals surface area contributed by atoms with E-state index >= 15 is 0 Å². The second-order valence-electron chi connectivity index (χ2n) is 6.54. The lowest BCUT2D eigenvalue weighted by Crippen LogP contribution is -2.21. The second kappa shape index (κ2) is 8.03. The van der Waals surface area contributed by atoms with Crippen molar-refractivity contribution in [1.29, 1.82) is 0 Å². The fourth-order valence-electron chi connectivity index (χ4n) is 3.01. The molecule has 0 radical (unpaired) electrons. The number of hydrogen-bond donors (Lipinski definition) is 2. The number of nitrogens with one attached hydrogen (secondary N) is 2. The van der Waals surface area contributed by atoms with Crippen molar-refractivity contribution in [1.82, 2.24) is 19.6 Å². The first-order valence-corrected chi connectivity index (χ1v) is 9.44. The Hall–Kier alpha value is -3.59. The summed E-state index contributed by atoms with van der Waals surface area (Å²) in [6.45, 7) is 2.01. The van der Waals surface area contributed by atoms with Crippen molar-refractivity contribution < 1.29 is 8.81 Å². The number of halogens is 2. The lowest BCUT2D eigenvalue weighted by atomic mass is 10.3. The van der Waals surface area contributed by atoms with Crippen LogP contribution in [0.4, 0.5) is 21.8 Å². The molecule has 0 aliphatic rings. The molecule has 0 saturated carbocycles. The van der Waals surface area contributed by atoms with Crippen LogP contribution in [0.5, 0.6) is 0 Å². The molecule has 0 amide bonds. The molecular formula is C20H18ClFN6O2. The van der Waals surface area contributed by atoms with E-state index in [0.29, 0.717) is 11.4 Å². The van der Waals surface area contributed by atoms with E-state index in [-0.39, 0.29) is 29.0 Å². The van der Waals surface area contributed by atoms with Gasteiger partial charge in [-0.1, -0.05) is 34.9 Å². The number of aromatic nitrogens is 4. The zero-order valence-electron chi connectivity index (χ0n) is 16.2. The van der Waals surface area contributed by atoms with Crippen LogP contribution in [0.1, 0.15) is 11.6 Å². The van der Waals surface area contributed by atoms with Crippen molar-refractivity contribution in [3.8, 4) is 5.69 Å². The molecule has 2 heterocycles. The van der Waals surface area contributed by atoms with Crippen molar-refractivity contribution in [2.45, 2.75) is 13.5 Å². The van der Waals surface area contributed by atoms with E-state index in [2.05, 4.69) is 20.8 Å². The molecule has 0 bridgehead atoms. The smallest absolute Gasteiger partial charge is 0.320 e. The number of anilines is 3. The minimum Gasteiger partial charge on any atom is -0.406 e. The van der Waals surface area contributed by atoms with Crippen LogP contribution in [0.25, 0.3) is 5.69 Å². The molecule has 30 heavy (non-hydrogen) atoms. The van der Waals surface area contributed by atoms with E-state index in [1.807, 2.05) is 44.3 Å². The number of benzene rings is 2. The van der Waals surface area contributed by atoms with Crippen LogP contribution in [0.3, 0.4) is 0 Å². The number of para-hydroxylation sites is 1. The first-order valence-electron chi connectivity index (χ1n) is 9.06. The summed E-state index contributed by atoms with van der Waals surface area (Å²) < 4.78 is 22.1. The van der Waals surface area contributed by atoms with E-state index in [1.165, 1.54) is 18.2 Å². The van der Waals surface area contributed by atoms with Crippen LogP contribution in [0.2, 0.25) is 5.02 Å². The van der Waals surface area contributed by atoms with Crippen molar-refractivity contribution in [3.63, 3.8) is 0 Å². The normalized spacial score (nSPS) is 10.9. The van der Waals surface area contributed by atoms with Gasteiger partial charge in [0.1, 0.15) is 11.5 Å². The quantitative estimate of drug-likeness (QED) is 0.482. The summed E-state index contributed by atoms with van der Waals surface area (Å²) in [7, 11) is 1.82. The second-order valence-corrected chi connectivity index (χ2v) is 6.95. The molecule has 0 unspecified atom stereocenters. The lowest BCUT2D eigenvalue weighted by molar-refractivity contribution is 0.517. The highest BCUT2D eigenvalue weighted by atomic mass is 35.5. The van der Waals surface area contributed by atoms with Gasteiger partial charge in [-0.3, -0.25) is 9.48 Å². The van der Waals surface area contributed by atoms with Crippen molar-refractivity contribution in [3.05, 3.63) is 81.3 Å². The van der Waals surface area contributed by atoms with Gasteiger partial charge in [0.2, 0.25) is 5.89 Å². The van der Waals surface area contributed by atoms with E-state index < -0.39 is 5.82 Å². The fourth-order valence-corrected chi connectivity index (χ4v) is 3.19. The molecule has 2 aromatic heterocycles. The van der Waals surface area contributed by atoms with Crippen molar-refractivity contribution in [2.75, 3.05) is 10.6 Å². The molecule has 4 rings (SSSR count). The Morgan fingerprint density at radius 1 is 1.17 bits per heavy atom. The Kier molecular flexibility index (Phi) is 5.28. The first-order chi connectivity index (χ1) is 14.4. The standard InChI is InChI=1S/C20H18ClFN6O2/c1-12-18(19(29)28(27(12)2)14-6-4-3-5-7-14)23-11-17-25-26-20(30-17)24-13-8-9-16(22)15(21)10-13/h3-10,23H,11H2,1-2H3,(H,24,26). The Morgan fingerprint density at radius 3 is 2.67 bits per heavy atom. The van der Waals surface area contributed by atoms with E-state index in [0.717, 1.165) is 11.4 Å². The first kappa shape index (κ1) is 19.7. The molecular weight excluding hydrogens is 411 g/mol. The van der Waals surface area contributed by atoms with Gasteiger partial charge in [0.15, 0.2) is 0 Å². The van der Waals surface area contributed by atoms with Crippen LogP contribution in [0.15, 0.2) is 57.7 Å². The summed E-state index contributed by atoms with van der Waals surface area (Å²) in [5.41, 5.74) is 2.31. The van der Waals surface area contributed by atoms with Gasteiger partial charge in [0.05, 0.1) is 22.9 Å². The molecule has 0 fully saturated rings. The van der Waals surface area contributed by atoms with Gasteiger partial charge in [0.25, 0.3) is 5.56 Å².